The fourth-order valence-electron chi connectivity index (χ4n) is 2.17. The van der Waals surface area contributed by atoms with E-state index in [1.807, 2.05) is 20.8 Å². The Bertz CT molecular complexity index is 264. The second kappa shape index (κ2) is 7.07. The molecule has 1 N–H and O–H groups in total. The Labute approximate surface area is 109 Å². The van der Waals surface area contributed by atoms with Gasteiger partial charge in [0.25, 0.3) is 0 Å². The SMILES string of the molecule is COC(=O)C(C)(CCOC1CCOC1)NC(C)C. The van der Waals surface area contributed by atoms with Crippen molar-refractivity contribution in [3.63, 3.8) is 0 Å². The highest BCUT2D eigenvalue weighted by Gasteiger charge is 2.34. The van der Waals surface area contributed by atoms with Crippen LogP contribution in [0.1, 0.15) is 33.6 Å². The largest absolute Gasteiger partial charge is 0.468 e. The summed E-state index contributed by atoms with van der Waals surface area (Å²) in [6.45, 7) is 7.82. The first-order chi connectivity index (χ1) is 8.48. The van der Waals surface area contributed by atoms with Gasteiger partial charge in [-0.1, -0.05) is 0 Å². The highest BCUT2D eigenvalue weighted by molar-refractivity contribution is 5.80. The van der Waals surface area contributed by atoms with Crippen molar-refractivity contribution in [1.82, 2.24) is 5.32 Å². The van der Waals surface area contributed by atoms with Crippen molar-refractivity contribution in [1.29, 1.82) is 0 Å². The zero-order chi connectivity index (χ0) is 13.6. The monoisotopic (exact) mass is 259 g/mol. The van der Waals surface area contributed by atoms with Crippen LogP contribution in [-0.2, 0) is 19.0 Å². The summed E-state index contributed by atoms with van der Waals surface area (Å²) >= 11 is 0. The van der Waals surface area contributed by atoms with E-state index in [1.165, 1.54) is 7.11 Å². The summed E-state index contributed by atoms with van der Waals surface area (Å²) in [7, 11) is 1.41. The Hall–Kier alpha value is -0.650. The maximum atomic E-state index is 11.8. The Kier molecular flexibility index (Phi) is 6.05. The van der Waals surface area contributed by atoms with E-state index in [4.69, 9.17) is 14.2 Å². The first-order valence-electron chi connectivity index (χ1n) is 6.53. The second-order valence-corrected chi connectivity index (χ2v) is 5.23. The number of esters is 1. The molecule has 1 aliphatic rings. The van der Waals surface area contributed by atoms with Crippen LogP contribution in [0.4, 0.5) is 0 Å². The van der Waals surface area contributed by atoms with Crippen LogP contribution in [0.2, 0.25) is 0 Å². The summed E-state index contributed by atoms with van der Waals surface area (Å²) in [5.74, 6) is -0.248. The molecule has 1 aliphatic heterocycles. The molecule has 1 rings (SSSR count). The maximum Gasteiger partial charge on any atom is 0.325 e. The summed E-state index contributed by atoms with van der Waals surface area (Å²) in [6.07, 6.45) is 1.70. The van der Waals surface area contributed by atoms with Crippen LogP contribution in [0.25, 0.3) is 0 Å². The summed E-state index contributed by atoms with van der Waals surface area (Å²) in [5, 5.41) is 3.25. The molecule has 0 bridgehead atoms. The first kappa shape index (κ1) is 15.4. The molecule has 0 amide bonds. The van der Waals surface area contributed by atoms with Gasteiger partial charge >= 0.3 is 5.97 Å². The van der Waals surface area contributed by atoms with Gasteiger partial charge in [-0.15, -0.1) is 0 Å². The van der Waals surface area contributed by atoms with Gasteiger partial charge in [0.15, 0.2) is 0 Å². The van der Waals surface area contributed by atoms with Crippen LogP contribution < -0.4 is 5.32 Å². The van der Waals surface area contributed by atoms with E-state index >= 15 is 0 Å². The van der Waals surface area contributed by atoms with Crippen LogP contribution in [0.3, 0.4) is 0 Å². The van der Waals surface area contributed by atoms with E-state index in [0.29, 0.717) is 19.6 Å². The summed E-state index contributed by atoms with van der Waals surface area (Å²) in [6, 6.07) is 0.212. The summed E-state index contributed by atoms with van der Waals surface area (Å²) in [5.41, 5.74) is -0.692. The Morgan fingerprint density at radius 3 is 2.78 bits per heavy atom. The molecule has 0 saturated carbocycles. The zero-order valence-corrected chi connectivity index (χ0v) is 11.8. The number of ether oxygens (including phenoxy) is 3. The molecule has 0 spiro atoms. The molecular weight excluding hydrogens is 234 g/mol. The van der Waals surface area contributed by atoms with Gasteiger partial charge in [-0.3, -0.25) is 10.1 Å². The minimum atomic E-state index is -0.692. The molecule has 1 fully saturated rings. The van der Waals surface area contributed by atoms with E-state index in [-0.39, 0.29) is 18.1 Å². The number of hydrogen-bond donors (Lipinski definition) is 1. The molecule has 1 heterocycles. The van der Waals surface area contributed by atoms with Gasteiger partial charge in [-0.05, 0) is 33.6 Å². The number of carbonyl (C=O) groups excluding carboxylic acids is 1. The minimum absolute atomic E-state index is 0.172. The lowest BCUT2D eigenvalue weighted by Crippen LogP contribution is -2.53. The molecule has 2 unspecified atom stereocenters. The molecule has 1 saturated heterocycles. The normalized spacial score (nSPS) is 23.1. The third kappa shape index (κ3) is 4.55. The lowest BCUT2D eigenvalue weighted by atomic mass is 9.97. The van der Waals surface area contributed by atoms with Crippen molar-refractivity contribution in [2.45, 2.75) is 51.3 Å². The number of nitrogens with one attached hydrogen (secondary N) is 1. The summed E-state index contributed by atoms with van der Waals surface area (Å²) < 4.78 is 15.8. The predicted octanol–water partition coefficient (Wildman–Crippen LogP) is 1.11. The van der Waals surface area contributed by atoms with Crippen molar-refractivity contribution in [3.8, 4) is 0 Å². The fourth-order valence-corrected chi connectivity index (χ4v) is 2.17. The fraction of sp³-hybridized carbons (Fsp3) is 0.923. The van der Waals surface area contributed by atoms with Crippen molar-refractivity contribution in [3.05, 3.63) is 0 Å². The highest BCUT2D eigenvalue weighted by atomic mass is 16.5. The van der Waals surface area contributed by atoms with Gasteiger partial charge in [-0.25, -0.2) is 0 Å². The Balaban J connectivity index is 2.42. The van der Waals surface area contributed by atoms with Crippen LogP contribution in [0, 0.1) is 0 Å². The van der Waals surface area contributed by atoms with Gasteiger partial charge in [0.05, 0.1) is 19.8 Å². The predicted molar refractivity (Wildman–Crippen MR) is 68.5 cm³/mol. The lowest BCUT2D eigenvalue weighted by molar-refractivity contribution is -0.149. The van der Waals surface area contributed by atoms with E-state index in [0.717, 1.165) is 13.0 Å². The average molecular weight is 259 g/mol. The molecule has 0 aromatic heterocycles. The molecule has 5 nitrogen and oxygen atoms in total. The lowest BCUT2D eigenvalue weighted by Gasteiger charge is -2.30. The Morgan fingerprint density at radius 1 is 1.56 bits per heavy atom. The number of rotatable bonds is 7. The standard InChI is InChI=1S/C13H25NO4/c1-10(2)14-13(3,12(15)16-4)6-8-18-11-5-7-17-9-11/h10-11,14H,5-9H2,1-4H3. The van der Waals surface area contributed by atoms with Gasteiger partial charge in [0, 0.05) is 19.3 Å². The minimum Gasteiger partial charge on any atom is -0.468 e. The molecule has 0 aromatic carbocycles. The Morgan fingerprint density at radius 2 is 2.28 bits per heavy atom. The molecule has 0 radical (unpaired) electrons. The van der Waals surface area contributed by atoms with Crippen molar-refractivity contribution < 1.29 is 19.0 Å². The van der Waals surface area contributed by atoms with E-state index in [1.54, 1.807) is 0 Å². The van der Waals surface area contributed by atoms with E-state index in [2.05, 4.69) is 5.32 Å². The van der Waals surface area contributed by atoms with Crippen LogP contribution >= 0.6 is 0 Å². The molecular formula is C13H25NO4. The molecule has 2 atom stereocenters. The second-order valence-electron chi connectivity index (χ2n) is 5.23. The van der Waals surface area contributed by atoms with Gasteiger partial charge in [-0.2, -0.15) is 0 Å². The van der Waals surface area contributed by atoms with Crippen LogP contribution in [-0.4, -0.2) is 50.6 Å². The van der Waals surface area contributed by atoms with Crippen LogP contribution in [0.5, 0.6) is 0 Å². The molecule has 106 valence electrons. The molecule has 0 aliphatic carbocycles. The van der Waals surface area contributed by atoms with Crippen molar-refractivity contribution in [2.24, 2.45) is 0 Å². The first-order valence-corrected chi connectivity index (χ1v) is 6.53. The van der Waals surface area contributed by atoms with E-state index < -0.39 is 5.54 Å². The quantitative estimate of drug-likeness (QED) is 0.694. The van der Waals surface area contributed by atoms with Crippen LogP contribution in [0.15, 0.2) is 0 Å². The smallest absolute Gasteiger partial charge is 0.325 e. The molecule has 18 heavy (non-hydrogen) atoms. The molecule has 0 aromatic rings. The van der Waals surface area contributed by atoms with Gasteiger partial charge in [0.2, 0.25) is 0 Å². The van der Waals surface area contributed by atoms with Crippen molar-refractivity contribution in [2.75, 3.05) is 26.9 Å². The van der Waals surface area contributed by atoms with Gasteiger partial charge < -0.3 is 14.2 Å². The third-order valence-electron chi connectivity index (χ3n) is 3.09. The third-order valence-corrected chi connectivity index (χ3v) is 3.09. The number of methoxy groups -OCH3 is 1. The maximum absolute atomic E-state index is 11.8. The number of hydrogen-bond acceptors (Lipinski definition) is 5. The number of carbonyl (C=O) groups is 1. The van der Waals surface area contributed by atoms with Crippen molar-refractivity contribution >= 4 is 5.97 Å². The van der Waals surface area contributed by atoms with Gasteiger partial charge in [0.1, 0.15) is 5.54 Å². The highest BCUT2D eigenvalue weighted by Crippen LogP contribution is 2.15. The zero-order valence-electron chi connectivity index (χ0n) is 11.8. The summed E-state index contributed by atoms with van der Waals surface area (Å²) in [4.78, 5) is 11.8. The molecule has 5 heteroatoms. The van der Waals surface area contributed by atoms with E-state index in [9.17, 15) is 4.79 Å². The average Bonchev–Trinajstić information content (AvgIpc) is 2.80. The topological polar surface area (TPSA) is 56.8 Å².